The number of rotatable bonds is 7. The minimum atomic E-state index is -3.76. The van der Waals surface area contributed by atoms with Gasteiger partial charge >= 0.3 is 0 Å². The van der Waals surface area contributed by atoms with Crippen molar-refractivity contribution in [3.05, 3.63) is 83.3 Å². The number of sulfonamides is 1. The number of hydrogen-bond donors (Lipinski definition) is 1. The average Bonchev–Trinajstić information content (AvgIpc) is 2.80. The number of pyridine rings is 1. The third-order valence-corrected chi connectivity index (χ3v) is 6.52. The number of nitrogens with zero attached hydrogens (tertiary/aromatic N) is 3. The summed E-state index contributed by atoms with van der Waals surface area (Å²) in [6.07, 6.45) is 3.57. The molecular weight excluding hydrogens is 462 g/mol. The summed E-state index contributed by atoms with van der Waals surface area (Å²) in [5.74, 6) is -3.72. The predicted octanol–water partition coefficient (Wildman–Crippen LogP) is 4.66. The van der Waals surface area contributed by atoms with Crippen LogP contribution < -0.4 is 4.72 Å². The van der Waals surface area contributed by atoms with Crippen LogP contribution in [0.5, 0.6) is 0 Å². The number of hydrogen-bond acceptors (Lipinski definition) is 6. The van der Waals surface area contributed by atoms with E-state index < -0.39 is 33.0 Å². The summed E-state index contributed by atoms with van der Waals surface area (Å²) in [5, 5.41) is 0. The standard InChI is InChI=1S/C24H20F2N4O3S/c1-3-8-34(32,33)30-17-10-18(23(26)19(25)11-17)24(31)15-6-7-20-21(9-15)29-22(13-28-20)16-5-4-14(2)27-12-16/h4-7,9-13,30H,3,8H2,1-2H3. The van der Waals surface area contributed by atoms with Gasteiger partial charge in [0.15, 0.2) is 17.4 Å². The SMILES string of the molecule is CCCS(=O)(=O)Nc1cc(F)c(F)c(C(=O)c2ccc3ncc(-c4ccc(C)nc4)nc3c2)c1. The number of nitrogens with one attached hydrogen (secondary N) is 1. The number of benzene rings is 2. The highest BCUT2D eigenvalue weighted by Crippen LogP contribution is 2.25. The molecule has 2 heterocycles. The van der Waals surface area contributed by atoms with E-state index in [-0.39, 0.29) is 17.0 Å². The highest BCUT2D eigenvalue weighted by Gasteiger charge is 2.21. The minimum absolute atomic E-state index is 0.0489. The number of halogens is 2. The van der Waals surface area contributed by atoms with Gasteiger partial charge in [-0.1, -0.05) is 6.92 Å². The van der Waals surface area contributed by atoms with Crippen molar-refractivity contribution in [2.45, 2.75) is 20.3 Å². The molecule has 2 aromatic heterocycles. The molecule has 4 rings (SSSR count). The Kier molecular flexibility index (Phi) is 6.34. The van der Waals surface area contributed by atoms with Crippen LogP contribution in [0.2, 0.25) is 0 Å². The van der Waals surface area contributed by atoms with E-state index in [0.717, 1.165) is 17.3 Å². The lowest BCUT2D eigenvalue weighted by atomic mass is 10.0. The van der Waals surface area contributed by atoms with E-state index in [2.05, 4.69) is 19.7 Å². The Morgan fingerprint density at radius 1 is 1.00 bits per heavy atom. The van der Waals surface area contributed by atoms with Crippen molar-refractivity contribution in [2.24, 2.45) is 0 Å². The highest BCUT2D eigenvalue weighted by molar-refractivity contribution is 7.92. The minimum Gasteiger partial charge on any atom is -0.288 e. The Labute approximate surface area is 195 Å². The normalized spacial score (nSPS) is 11.5. The number of carbonyl (C=O) groups excluding carboxylic acids is 1. The molecular formula is C24H20F2N4O3S. The molecule has 0 saturated carbocycles. The van der Waals surface area contributed by atoms with Gasteiger partial charge in [-0.25, -0.2) is 22.2 Å². The van der Waals surface area contributed by atoms with Crippen molar-refractivity contribution in [3.8, 4) is 11.3 Å². The third kappa shape index (κ3) is 4.91. The fourth-order valence-corrected chi connectivity index (χ4v) is 4.50. The molecule has 0 fully saturated rings. The Bertz CT molecular complexity index is 1510. The van der Waals surface area contributed by atoms with Crippen LogP contribution in [0.1, 0.15) is 35.0 Å². The molecule has 0 unspecified atom stereocenters. The molecule has 4 aromatic rings. The lowest BCUT2D eigenvalue weighted by molar-refractivity contribution is 0.103. The average molecular weight is 483 g/mol. The first-order chi connectivity index (χ1) is 16.2. The van der Waals surface area contributed by atoms with Gasteiger partial charge in [0.1, 0.15) is 0 Å². The molecule has 10 heteroatoms. The van der Waals surface area contributed by atoms with Gasteiger partial charge < -0.3 is 0 Å². The Balaban J connectivity index is 1.72. The molecule has 1 N–H and O–H groups in total. The number of anilines is 1. The van der Waals surface area contributed by atoms with E-state index in [1.165, 1.54) is 12.1 Å². The predicted molar refractivity (Wildman–Crippen MR) is 125 cm³/mol. The molecule has 0 amide bonds. The van der Waals surface area contributed by atoms with E-state index in [1.807, 2.05) is 19.1 Å². The summed E-state index contributed by atoms with van der Waals surface area (Å²) in [6, 6.07) is 9.77. The first-order valence-corrected chi connectivity index (χ1v) is 12.1. The molecule has 0 aliphatic carbocycles. The maximum atomic E-state index is 14.5. The van der Waals surface area contributed by atoms with Gasteiger partial charge in [-0.05, 0) is 49.7 Å². The molecule has 34 heavy (non-hydrogen) atoms. The first-order valence-electron chi connectivity index (χ1n) is 10.4. The fourth-order valence-electron chi connectivity index (χ4n) is 3.38. The second-order valence-corrected chi connectivity index (χ2v) is 9.56. The monoisotopic (exact) mass is 482 g/mol. The molecule has 7 nitrogen and oxygen atoms in total. The van der Waals surface area contributed by atoms with Gasteiger partial charge in [-0.15, -0.1) is 0 Å². The lowest BCUT2D eigenvalue weighted by Gasteiger charge is -2.11. The maximum Gasteiger partial charge on any atom is 0.232 e. The van der Waals surface area contributed by atoms with Gasteiger partial charge in [0.05, 0.1) is 39.9 Å². The molecule has 0 bridgehead atoms. The largest absolute Gasteiger partial charge is 0.288 e. The van der Waals surface area contributed by atoms with Crippen LogP contribution in [0.15, 0.2) is 54.9 Å². The Morgan fingerprint density at radius 2 is 1.79 bits per heavy atom. The third-order valence-electron chi connectivity index (χ3n) is 5.03. The number of fused-ring (bicyclic) bond motifs is 1. The zero-order chi connectivity index (χ0) is 24.5. The van der Waals surface area contributed by atoms with Gasteiger partial charge in [-0.2, -0.15) is 0 Å². The molecule has 0 radical (unpaired) electrons. The van der Waals surface area contributed by atoms with E-state index in [0.29, 0.717) is 29.2 Å². The van der Waals surface area contributed by atoms with Crippen molar-refractivity contribution < 1.29 is 22.0 Å². The van der Waals surface area contributed by atoms with E-state index in [9.17, 15) is 22.0 Å². The molecule has 2 aromatic carbocycles. The lowest BCUT2D eigenvalue weighted by Crippen LogP contribution is -2.17. The highest BCUT2D eigenvalue weighted by atomic mass is 32.2. The molecule has 0 aliphatic heterocycles. The Morgan fingerprint density at radius 3 is 2.50 bits per heavy atom. The van der Waals surface area contributed by atoms with Crippen molar-refractivity contribution in [2.75, 3.05) is 10.5 Å². The van der Waals surface area contributed by atoms with Gasteiger partial charge in [0.25, 0.3) is 0 Å². The molecule has 0 atom stereocenters. The number of ketones is 1. The van der Waals surface area contributed by atoms with Gasteiger partial charge in [0, 0.05) is 29.1 Å². The molecule has 0 saturated heterocycles. The number of aromatic nitrogens is 3. The quantitative estimate of drug-likeness (QED) is 0.385. The van der Waals surface area contributed by atoms with Crippen LogP contribution >= 0.6 is 0 Å². The summed E-state index contributed by atoms with van der Waals surface area (Å²) in [7, 11) is -3.76. The smallest absolute Gasteiger partial charge is 0.232 e. The van der Waals surface area contributed by atoms with Crippen molar-refractivity contribution >= 4 is 32.5 Å². The van der Waals surface area contributed by atoms with Crippen LogP contribution in [0, 0.1) is 18.6 Å². The van der Waals surface area contributed by atoms with Crippen molar-refractivity contribution in [3.63, 3.8) is 0 Å². The molecule has 0 spiro atoms. The van der Waals surface area contributed by atoms with E-state index in [4.69, 9.17) is 0 Å². The topological polar surface area (TPSA) is 102 Å². The number of carbonyl (C=O) groups is 1. The zero-order valence-electron chi connectivity index (χ0n) is 18.3. The second kappa shape index (κ2) is 9.22. The van der Waals surface area contributed by atoms with Crippen molar-refractivity contribution in [1.82, 2.24) is 15.0 Å². The summed E-state index contributed by atoms with van der Waals surface area (Å²) in [5.41, 5.74) is 2.22. The summed E-state index contributed by atoms with van der Waals surface area (Å²) >= 11 is 0. The summed E-state index contributed by atoms with van der Waals surface area (Å²) < 4.78 is 55.0. The van der Waals surface area contributed by atoms with Crippen molar-refractivity contribution in [1.29, 1.82) is 0 Å². The van der Waals surface area contributed by atoms with Crippen LogP contribution in [0.25, 0.3) is 22.3 Å². The van der Waals surface area contributed by atoms with E-state index in [1.54, 1.807) is 25.4 Å². The first kappa shape index (κ1) is 23.4. The maximum absolute atomic E-state index is 14.5. The molecule has 174 valence electrons. The van der Waals surface area contributed by atoms with Crippen LogP contribution in [0.3, 0.4) is 0 Å². The number of aryl methyl sites for hydroxylation is 1. The Hall–Kier alpha value is -3.79. The van der Waals surface area contributed by atoms with Crippen LogP contribution in [0.4, 0.5) is 14.5 Å². The van der Waals surface area contributed by atoms with Crippen LogP contribution in [-0.4, -0.2) is 34.9 Å². The summed E-state index contributed by atoms with van der Waals surface area (Å²) in [4.78, 5) is 26.2. The fraction of sp³-hybridized carbons (Fsp3) is 0.167. The molecule has 0 aliphatic rings. The van der Waals surface area contributed by atoms with E-state index >= 15 is 0 Å². The second-order valence-electron chi connectivity index (χ2n) is 7.72. The summed E-state index contributed by atoms with van der Waals surface area (Å²) in [6.45, 7) is 3.53. The van der Waals surface area contributed by atoms with Gasteiger partial charge in [-0.3, -0.25) is 19.5 Å². The van der Waals surface area contributed by atoms with Gasteiger partial charge in [0.2, 0.25) is 10.0 Å². The van der Waals surface area contributed by atoms with Crippen LogP contribution in [-0.2, 0) is 10.0 Å². The zero-order valence-corrected chi connectivity index (χ0v) is 19.2.